The molecule has 0 fully saturated rings. The van der Waals surface area contributed by atoms with Crippen molar-refractivity contribution in [3.05, 3.63) is 63.1 Å². The van der Waals surface area contributed by atoms with Crippen LogP contribution in [-0.2, 0) is 13.0 Å². The minimum absolute atomic E-state index is 0.882. The molecule has 2 rings (SSSR count). The van der Waals surface area contributed by atoms with E-state index in [4.69, 9.17) is 0 Å². The molecular formula is C17H20BrN. The van der Waals surface area contributed by atoms with Crippen molar-refractivity contribution in [1.82, 2.24) is 0 Å². The molecule has 0 bridgehead atoms. The van der Waals surface area contributed by atoms with Crippen LogP contribution in [0.2, 0.25) is 0 Å². The van der Waals surface area contributed by atoms with Gasteiger partial charge in [0.1, 0.15) is 0 Å². The Balaban J connectivity index is 2.19. The Bertz CT molecular complexity index is 552. The molecule has 0 spiro atoms. The largest absolute Gasteiger partial charge is 0.381 e. The molecule has 1 N–H and O–H groups in total. The van der Waals surface area contributed by atoms with E-state index in [-0.39, 0.29) is 0 Å². The van der Waals surface area contributed by atoms with Crippen LogP contribution in [0.5, 0.6) is 0 Å². The van der Waals surface area contributed by atoms with E-state index in [0.717, 1.165) is 17.4 Å². The summed E-state index contributed by atoms with van der Waals surface area (Å²) in [6.07, 6.45) is 1.08. The fraction of sp³-hybridized carbons (Fsp3) is 0.294. The van der Waals surface area contributed by atoms with Crippen LogP contribution in [0.25, 0.3) is 0 Å². The molecule has 0 saturated carbocycles. The molecule has 0 aliphatic rings. The Morgan fingerprint density at radius 2 is 1.58 bits per heavy atom. The fourth-order valence-electron chi connectivity index (χ4n) is 2.45. The first-order valence-corrected chi connectivity index (χ1v) is 7.48. The minimum atomic E-state index is 0.882. The molecule has 0 aliphatic carbocycles. The molecule has 0 amide bonds. The normalized spacial score (nSPS) is 10.5. The Kier molecular flexibility index (Phi) is 4.65. The predicted octanol–water partition coefficient (Wildman–Crippen LogP) is 5.24. The van der Waals surface area contributed by atoms with Crippen molar-refractivity contribution in [2.75, 3.05) is 5.32 Å². The van der Waals surface area contributed by atoms with Gasteiger partial charge in [0.05, 0.1) is 0 Å². The highest BCUT2D eigenvalue weighted by atomic mass is 79.9. The van der Waals surface area contributed by atoms with Crippen LogP contribution in [-0.4, -0.2) is 0 Å². The third-order valence-corrected chi connectivity index (χ3v) is 3.91. The second kappa shape index (κ2) is 6.25. The fourth-order valence-corrected chi connectivity index (χ4v) is 3.13. The lowest BCUT2D eigenvalue weighted by atomic mass is 10.0. The van der Waals surface area contributed by atoms with Crippen LogP contribution in [0.1, 0.15) is 29.2 Å². The standard InChI is InChI=1S/C17H20BrN/c1-4-14-7-5-6-8-15(14)11-19-17-12(2)9-16(18)10-13(17)3/h5-10,19H,4,11H2,1-3H3. The molecule has 0 atom stereocenters. The Hall–Kier alpha value is -1.28. The highest BCUT2D eigenvalue weighted by Gasteiger charge is 2.05. The average molecular weight is 318 g/mol. The Morgan fingerprint density at radius 1 is 1.00 bits per heavy atom. The zero-order chi connectivity index (χ0) is 13.8. The molecule has 0 radical (unpaired) electrons. The lowest BCUT2D eigenvalue weighted by molar-refractivity contribution is 1.04. The van der Waals surface area contributed by atoms with E-state index >= 15 is 0 Å². The first-order valence-electron chi connectivity index (χ1n) is 6.69. The topological polar surface area (TPSA) is 12.0 Å². The van der Waals surface area contributed by atoms with Crippen LogP contribution < -0.4 is 5.32 Å². The van der Waals surface area contributed by atoms with Gasteiger partial charge >= 0.3 is 0 Å². The quantitative estimate of drug-likeness (QED) is 0.813. The molecule has 0 unspecified atom stereocenters. The van der Waals surface area contributed by atoms with Crippen molar-refractivity contribution < 1.29 is 0 Å². The van der Waals surface area contributed by atoms with Crippen molar-refractivity contribution in [2.45, 2.75) is 33.7 Å². The second-order valence-electron chi connectivity index (χ2n) is 4.89. The maximum atomic E-state index is 3.58. The molecule has 100 valence electrons. The Morgan fingerprint density at radius 3 is 2.16 bits per heavy atom. The molecule has 0 saturated heterocycles. The van der Waals surface area contributed by atoms with E-state index in [1.807, 2.05) is 0 Å². The van der Waals surface area contributed by atoms with Crippen molar-refractivity contribution in [1.29, 1.82) is 0 Å². The van der Waals surface area contributed by atoms with Gasteiger partial charge in [0, 0.05) is 16.7 Å². The van der Waals surface area contributed by atoms with Crippen molar-refractivity contribution >= 4 is 21.6 Å². The number of nitrogens with one attached hydrogen (secondary N) is 1. The first kappa shape index (κ1) is 14.1. The van der Waals surface area contributed by atoms with Crippen LogP contribution in [0.4, 0.5) is 5.69 Å². The number of hydrogen-bond acceptors (Lipinski definition) is 1. The van der Waals surface area contributed by atoms with Crippen LogP contribution in [0.3, 0.4) is 0 Å². The summed E-state index contributed by atoms with van der Waals surface area (Å²) in [7, 11) is 0. The zero-order valence-corrected chi connectivity index (χ0v) is 13.3. The van der Waals surface area contributed by atoms with Gasteiger partial charge in [-0.25, -0.2) is 0 Å². The van der Waals surface area contributed by atoms with Gasteiger partial charge < -0.3 is 5.32 Å². The molecule has 0 aromatic heterocycles. The van der Waals surface area contributed by atoms with Crippen molar-refractivity contribution in [3.63, 3.8) is 0 Å². The summed E-state index contributed by atoms with van der Waals surface area (Å²) in [5.74, 6) is 0. The lowest BCUT2D eigenvalue weighted by Crippen LogP contribution is -2.05. The molecule has 1 nitrogen and oxygen atoms in total. The van der Waals surface area contributed by atoms with Gasteiger partial charge in [-0.1, -0.05) is 47.1 Å². The van der Waals surface area contributed by atoms with Crippen LogP contribution in [0.15, 0.2) is 40.9 Å². The molecule has 2 heteroatoms. The molecule has 0 aliphatic heterocycles. The van der Waals surface area contributed by atoms with Gasteiger partial charge in [-0.3, -0.25) is 0 Å². The minimum Gasteiger partial charge on any atom is -0.381 e. The summed E-state index contributed by atoms with van der Waals surface area (Å²) in [5.41, 5.74) is 6.60. The number of hydrogen-bond donors (Lipinski definition) is 1. The van der Waals surface area contributed by atoms with Gasteiger partial charge in [0.25, 0.3) is 0 Å². The summed E-state index contributed by atoms with van der Waals surface area (Å²) in [6, 6.07) is 12.9. The third-order valence-electron chi connectivity index (χ3n) is 3.45. The number of anilines is 1. The van der Waals surface area contributed by atoms with E-state index in [0.29, 0.717) is 0 Å². The van der Waals surface area contributed by atoms with E-state index in [1.165, 1.54) is 27.9 Å². The molecule has 19 heavy (non-hydrogen) atoms. The van der Waals surface area contributed by atoms with Gasteiger partial charge in [-0.2, -0.15) is 0 Å². The summed E-state index contributed by atoms with van der Waals surface area (Å²) in [6.45, 7) is 7.37. The number of aryl methyl sites for hydroxylation is 3. The van der Waals surface area contributed by atoms with Crippen molar-refractivity contribution in [3.8, 4) is 0 Å². The monoisotopic (exact) mass is 317 g/mol. The third kappa shape index (κ3) is 3.38. The van der Waals surface area contributed by atoms with Crippen molar-refractivity contribution in [2.24, 2.45) is 0 Å². The van der Waals surface area contributed by atoms with Crippen LogP contribution in [0, 0.1) is 13.8 Å². The summed E-state index contributed by atoms with van der Waals surface area (Å²) in [5, 5.41) is 3.58. The van der Waals surface area contributed by atoms with Gasteiger partial charge in [0.15, 0.2) is 0 Å². The summed E-state index contributed by atoms with van der Waals surface area (Å²) in [4.78, 5) is 0. The highest BCUT2D eigenvalue weighted by molar-refractivity contribution is 9.10. The van der Waals surface area contributed by atoms with E-state index in [1.54, 1.807) is 0 Å². The van der Waals surface area contributed by atoms with E-state index in [2.05, 4.69) is 78.4 Å². The molecule has 2 aromatic carbocycles. The molecule has 0 heterocycles. The maximum Gasteiger partial charge on any atom is 0.0403 e. The molecular weight excluding hydrogens is 298 g/mol. The SMILES string of the molecule is CCc1ccccc1CNc1c(C)cc(Br)cc1C. The second-order valence-corrected chi connectivity index (χ2v) is 5.81. The first-order chi connectivity index (χ1) is 9.11. The number of benzene rings is 2. The Labute approximate surface area is 124 Å². The predicted molar refractivity (Wildman–Crippen MR) is 86.8 cm³/mol. The van der Waals surface area contributed by atoms with E-state index in [9.17, 15) is 0 Å². The highest BCUT2D eigenvalue weighted by Crippen LogP contribution is 2.25. The van der Waals surface area contributed by atoms with Crippen LogP contribution >= 0.6 is 15.9 Å². The average Bonchev–Trinajstić information content (AvgIpc) is 2.38. The summed E-state index contributed by atoms with van der Waals surface area (Å²) < 4.78 is 1.14. The van der Waals surface area contributed by atoms with Gasteiger partial charge in [-0.15, -0.1) is 0 Å². The van der Waals surface area contributed by atoms with Gasteiger partial charge in [-0.05, 0) is 54.7 Å². The number of rotatable bonds is 4. The maximum absolute atomic E-state index is 3.58. The summed E-state index contributed by atoms with van der Waals surface area (Å²) >= 11 is 3.54. The van der Waals surface area contributed by atoms with E-state index < -0.39 is 0 Å². The smallest absolute Gasteiger partial charge is 0.0403 e. The lowest BCUT2D eigenvalue weighted by Gasteiger charge is -2.15. The van der Waals surface area contributed by atoms with Gasteiger partial charge in [0.2, 0.25) is 0 Å². The number of halogens is 1. The molecule has 2 aromatic rings. The zero-order valence-electron chi connectivity index (χ0n) is 11.8.